The summed E-state index contributed by atoms with van der Waals surface area (Å²) in [6, 6.07) is 17.6. The number of aryl methyl sites for hydroxylation is 2. The number of rotatable bonds is 2. The lowest BCUT2D eigenvalue weighted by Crippen LogP contribution is -2.02. The Labute approximate surface area is 129 Å². The molecule has 3 aromatic rings. The Morgan fingerprint density at radius 1 is 0.857 bits per heavy atom. The van der Waals surface area contributed by atoms with Crippen molar-refractivity contribution in [1.29, 1.82) is 0 Å². The van der Waals surface area contributed by atoms with E-state index in [0.29, 0.717) is 11.1 Å². The fraction of sp³-hybridized carbons (Fsp3) is 0.158. The third-order valence-electron chi connectivity index (χ3n) is 3.94. The van der Waals surface area contributed by atoms with Crippen molar-refractivity contribution in [3.63, 3.8) is 0 Å². The molecule has 0 aliphatic rings. The lowest BCUT2D eigenvalue weighted by atomic mass is 9.93. The van der Waals surface area contributed by atoms with Gasteiger partial charge in [0.1, 0.15) is 5.82 Å². The Kier molecular flexibility index (Phi) is 3.69. The molecule has 1 unspecified atom stereocenters. The summed E-state index contributed by atoms with van der Waals surface area (Å²) in [6.45, 7) is 3.78. The lowest BCUT2D eigenvalue weighted by Gasteiger charge is -2.17. The number of alkyl halides is 1. The van der Waals surface area contributed by atoms with Gasteiger partial charge in [-0.15, -0.1) is 11.6 Å². The zero-order valence-electron chi connectivity index (χ0n) is 12.0. The van der Waals surface area contributed by atoms with Gasteiger partial charge in [-0.1, -0.05) is 54.6 Å². The van der Waals surface area contributed by atoms with Gasteiger partial charge in [0, 0.05) is 5.56 Å². The molecule has 21 heavy (non-hydrogen) atoms. The molecule has 0 aromatic heterocycles. The van der Waals surface area contributed by atoms with E-state index in [1.165, 1.54) is 0 Å². The average Bonchev–Trinajstić information content (AvgIpc) is 2.49. The van der Waals surface area contributed by atoms with Gasteiger partial charge in [0.25, 0.3) is 0 Å². The van der Waals surface area contributed by atoms with Gasteiger partial charge in [-0.3, -0.25) is 0 Å². The molecular weight excluding hydrogens is 283 g/mol. The molecule has 0 spiro atoms. The largest absolute Gasteiger partial charge is 0.206 e. The normalized spacial score (nSPS) is 12.6. The summed E-state index contributed by atoms with van der Waals surface area (Å²) < 4.78 is 14.4. The highest BCUT2D eigenvalue weighted by molar-refractivity contribution is 6.23. The number of fused-ring (bicyclic) bond motifs is 1. The highest BCUT2D eigenvalue weighted by atomic mass is 35.5. The quantitative estimate of drug-likeness (QED) is 0.515. The van der Waals surface area contributed by atoms with E-state index in [-0.39, 0.29) is 5.82 Å². The molecule has 0 aliphatic heterocycles. The van der Waals surface area contributed by atoms with Crippen LogP contribution in [0.1, 0.15) is 27.6 Å². The van der Waals surface area contributed by atoms with Crippen molar-refractivity contribution >= 4 is 22.4 Å². The van der Waals surface area contributed by atoms with E-state index >= 15 is 0 Å². The molecule has 3 aromatic carbocycles. The predicted molar refractivity (Wildman–Crippen MR) is 87.5 cm³/mol. The molecule has 1 atom stereocenters. The molecule has 106 valence electrons. The zero-order valence-corrected chi connectivity index (χ0v) is 12.8. The van der Waals surface area contributed by atoms with E-state index < -0.39 is 5.38 Å². The molecule has 0 saturated carbocycles. The van der Waals surface area contributed by atoms with Crippen LogP contribution in [0, 0.1) is 19.7 Å². The maximum atomic E-state index is 14.4. The highest BCUT2D eigenvalue weighted by Gasteiger charge is 2.20. The third-order valence-corrected chi connectivity index (χ3v) is 4.39. The number of halogens is 2. The molecule has 0 amide bonds. The van der Waals surface area contributed by atoms with Crippen molar-refractivity contribution in [2.75, 3.05) is 0 Å². The maximum Gasteiger partial charge on any atom is 0.131 e. The van der Waals surface area contributed by atoms with Gasteiger partial charge in [-0.2, -0.15) is 0 Å². The highest BCUT2D eigenvalue weighted by Crippen LogP contribution is 2.37. The summed E-state index contributed by atoms with van der Waals surface area (Å²) in [7, 11) is 0. The zero-order chi connectivity index (χ0) is 15.0. The average molecular weight is 299 g/mol. The van der Waals surface area contributed by atoms with Crippen molar-refractivity contribution in [2.45, 2.75) is 19.2 Å². The molecule has 3 rings (SSSR count). The summed E-state index contributed by atoms with van der Waals surface area (Å²) in [5.41, 5.74) is 3.22. The molecule has 0 saturated heterocycles. The van der Waals surface area contributed by atoms with E-state index in [1.807, 2.05) is 37.3 Å². The Morgan fingerprint density at radius 3 is 2.43 bits per heavy atom. The molecule has 0 heterocycles. The van der Waals surface area contributed by atoms with E-state index in [4.69, 9.17) is 11.6 Å². The second-order valence-corrected chi connectivity index (χ2v) is 5.79. The van der Waals surface area contributed by atoms with Gasteiger partial charge in [-0.05, 0) is 41.3 Å². The van der Waals surface area contributed by atoms with Crippen LogP contribution in [0.25, 0.3) is 10.8 Å². The molecule has 0 radical (unpaired) electrons. The number of benzene rings is 3. The van der Waals surface area contributed by atoms with Crippen LogP contribution in [0.3, 0.4) is 0 Å². The molecule has 0 N–H and O–H groups in total. The Morgan fingerprint density at radius 2 is 1.62 bits per heavy atom. The summed E-state index contributed by atoms with van der Waals surface area (Å²) in [6.07, 6.45) is 0. The number of hydrogen-bond donors (Lipinski definition) is 0. The van der Waals surface area contributed by atoms with Crippen LogP contribution in [0.2, 0.25) is 0 Å². The van der Waals surface area contributed by atoms with E-state index in [2.05, 4.69) is 12.1 Å². The van der Waals surface area contributed by atoms with Crippen LogP contribution in [0.4, 0.5) is 4.39 Å². The third kappa shape index (κ3) is 2.43. The summed E-state index contributed by atoms with van der Waals surface area (Å²) in [4.78, 5) is 0. The first-order valence-corrected chi connectivity index (χ1v) is 7.40. The second-order valence-electron chi connectivity index (χ2n) is 5.36. The summed E-state index contributed by atoms with van der Waals surface area (Å²) in [5.74, 6) is -0.218. The second kappa shape index (κ2) is 5.50. The van der Waals surface area contributed by atoms with Gasteiger partial charge in [0.05, 0.1) is 5.38 Å². The first-order chi connectivity index (χ1) is 10.1. The van der Waals surface area contributed by atoms with Crippen molar-refractivity contribution < 1.29 is 4.39 Å². The SMILES string of the molecule is Cc1cccc(C(Cl)c2c(C)ccc3ccccc23)c1F. The van der Waals surface area contributed by atoms with Gasteiger partial charge >= 0.3 is 0 Å². The minimum Gasteiger partial charge on any atom is -0.206 e. The molecule has 0 fully saturated rings. The van der Waals surface area contributed by atoms with Crippen LogP contribution in [0.15, 0.2) is 54.6 Å². The van der Waals surface area contributed by atoms with Crippen LogP contribution in [0.5, 0.6) is 0 Å². The van der Waals surface area contributed by atoms with Gasteiger partial charge < -0.3 is 0 Å². The molecular formula is C19H16ClF. The van der Waals surface area contributed by atoms with Crippen LogP contribution in [-0.4, -0.2) is 0 Å². The van der Waals surface area contributed by atoms with Crippen LogP contribution < -0.4 is 0 Å². The minimum atomic E-state index is -0.490. The van der Waals surface area contributed by atoms with Crippen LogP contribution >= 0.6 is 11.6 Å². The van der Waals surface area contributed by atoms with Crippen molar-refractivity contribution in [3.05, 3.63) is 82.7 Å². The van der Waals surface area contributed by atoms with E-state index in [0.717, 1.165) is 21.9 Å². The smallest absolute Gasteiger partial charge is 0.131 e. The molecule has 0 nitrogen and oxygen atoms in total. The lowest BCUT2D eigenvalue weighted by molar-refractivity contribution is 0.603. The molecule has 0 aliphatic carbocycles. The van der Waals surface area contributed by atoms with Crippen molar-refractivity contribution in [3.8, 4) is 0 Å². The Bertz CT molecular complexity index is 808. The van der Waals surface area contributed by atoms with Crippen LogP contribution in [-0.2, 0) is 0 Å². The fourth-order valence-corrected chi connectivity index (χ4v) is 3.22. The maximum absolute atomic E-state index is 14.4. The summed E-state index contributed by atoms with van der Waals surface area (Å²) in [5, 5.41) is 1.71. The number of hydrogen-bond acceptors (Lipinski definition) is 0. The van der Waals surface area contributed by atoms with Crippen molar-refractivity contribution in [1.82, 2.24) is 0 Å². The minimum absolute atomic E-state index is 0.218. The predicted octanol–water partition coefficient (Wildman–Crippen LogP) is 5.92. The molecule has 0 bridgehead atoms. The first-order valence-electron chi connectivity index (χ1n) is 6.97. The first kappa shape index (κ1) is 14.1. The van der Waals surface area contributed by atoms with Gasteiger partial charge in [-0.25, -0.2) is 4.39 Å². The monoisotopic (exact) mass is 298 g/mol. The Hall–Kier alpha value is -1.86. The van der Waals surface area contributed by atoms with E-state index in [1.54, 1.807) is 19.1 Å². The summed E-state index contributed by atoms with van der Waals surface area (Å²) >= 11 is 6.65. The van der Waals surface area contributed by atoms with Gasteiger partial charge in [0.2, 0.25) is 0 Å². The van der Waals surface area contributed by atoms with E-state index in [9.17, 15) is 4.39 Å². The van der Waals surface area contributed by atoms with Gasteiger partial charge in [0.15, 0.2) is 0 Å². The Balaban J connectivity index is 2.24. The standard InChI is InChI=1S/C19H16ClF/c1-12-10-11-14-7-3-4-8-15(14)17(12)18(20)16-9-5-6-13(2)19(16)21/h3-11,18H,1-2H3. The topological polar surface area (TPSA) is 0 Å². The fourth-order valence-electron chi connectivity index (χ4n) is 2.76. The van der Waals surface area contributed by atoms with Crippen molar-refractivity contribution in [2.24, 2.45) is 0 Å². The molecule has 2 heteroatoms.